The fourth-order valence-electron chi connectivity index (χ4n) is 8.05. The molecule has 0 spiro atoms. The first-order valence-electron chi connectivity index (χ1n) is 26.7. The molecule has 416 valence electrons. The summed E-state index contributed by atoms with van der Waals surface area (Å²) in [6.07, 6.45) is 11.5. The Morgan fingerprint density at radius 2 is 0.987 bits per heavy atom. The van der Waals surface area contributed by atoms with Crippen LogP contribution in [0.4, 0.5) is 23.0 Å². The third-order valence-electron chi connectivity index (χ3n) is 12.9. The Morgan fingerprint density at radius 1 is 0.577 bits per heavy atom. The van der Waals surface area contributed by atoms with Gasteiger partial charge >= 0.3 is 0 Å². The Morgan fingerprint density at radius 3 is 1.42 bits per heavy atom. The van der Waals surface area contributed by atoms with Crippen molar-refractivity contribution < 1.29 is 23.9 Å². The Bertz CT molecular complexity index is 3250. The van der Waals surface area contributed by atoms with E-state index in [0.717, 1.165) is 47.3 Å². The molecular formula is C60H81BrN10O5Si2. The van der Waals surface area contributed by atoms with Crippen LogP contribution in [0.3, 0.4) is 0 Å². The van der Waals surface area contributed by atoms with Crippen molar-refractivity contribution in [1.82, 2.24) is 39.0 Å². The molecule has 18 heteroatoms. The van der Waals surface area contributed by atoms with Gasteiger partial charge in [-0.05, 0) is 52.3 Å². The topological polar surface area (TPSA) is 163 Å². The molecule has 1 aliphatic carbocycles. The zero-order valence-electron chi connectivity index (χ0n) is 49.1. The minimum absolute atomic E-state index is 0.0483. The van der Waals surface area contributed by atoms with Crippen molar-refractivity contribution in [2.24, 2.45) is 16.2 Å². The molecule has 2 aromatic carbocycles. The molecule has 78 heavy (non-hydrogen) atoms. The second kappa shape index (κ2) is 24.9. The average molecular weight is 1160 g/mol. The number of hydrogen-bond acceptors (Lipinski definition) is 13. The van der Waals surface area contributed by atoms with Gasteiger partial charge in [0.1, 0.15) is 29.1 Å². The van der Waals surface area contributed by atoms with E-state index in [-0.39, 0.29) is 17.3 Å². The first kappa shape index (κ1) is 61.2. The number of allylic oxidation sites excluding steroid dienone is 2. The molecular weight excluding hydrogens is 1080 g/mol. The zero-order chi connectivity index (χ0) is 57.5. The second-order valence-electron chi connectivity index (χ2n) is 25.4. The lowest BCUT2D eigenvalue weighted by atomic mass is 9.86. The van der Waals surface area contributed by atoms with Gasteiger partial charge < -0.3 is 28.4 Å². The van der Waals surface area contributed by atoms with Crippen molar-refractivity contribution in [2.75, 3.05) is 37.1 Å². The van der Waals surface area contributed by atoms with Crippen LogP contribution in [0.15, 0.2) is 102 Å². The molecule has 0 saturated heterocycles. The summed E-state index contributed by atoms with van der Waals surface area (Å²) in [5.74, 6) is 1.65. The van der Waals surface area contributed by atoms with Crippen molar-refractivity contribution in [3.8, 4) is 0 Å². The van der Waals surface area contributed by atoms with Gasteiger partial charge in [-0.1, -0.05) is 144 Å². The van der Waals surface area contributed by atoms with Gasteiger partial charge in [0.2, 0.25) is 0 Å². The van der Waals surface area contributed by atoms with Gasteiger partial charge in [0.15, 0.2) is 40.3 Å². The standard InChI is InChI=1S/C24H34N4O2Si.C19H21N3O.C17H26BrN3O2Si/c1-24(2,3)22(29)19-16-28(17-30-13-14-31(5,6)7)23-21(19)26-20(15-25-23)27(4)18-11-9-8-10-12-18;1-19(2,3)18(23)14-10-11-15-17(14)21-16(12-20-15)22(4)13-8-6-5-7-9-13;1-17(2,3)15(22)12-10-21(11-23-7-8-24(4,5)6)16-14(12)20-13(18)9-19-16/h8-12,15-16H,13-14,17H2,1-7H3;5-10,12H,11H2,1-4H3;9-10H,7-8,11H2,1-6H3. The van der Waals surface area contributed by atoms with E-state index in [9.17, 15) is 14.4 Å². The molecule has 0 aliphatic heterocycles. The van der Waals surface area contributed by atoms with Gasteiger partial charge in [-0.25, -0.2) is 24.9 Å². The molecule has 5 aromatic heterocycles. The van der Waals surface area contributed by atoms with E-state index < -0.39 is 32.4 Å². The predicted octanol–water partition coefficient (Wildman–Crippen LogP) is 14.3. The number of benzene rings is 2. The van der Waals surface area contributed by atoms with Crippen molar-refractivity contribution in [3.63, 3.8) is 0 Å². The van der Waals surface area contributed by atoms with Crippen LogP contribution in [0.1, 0.15) is 94.4 Å². The first-order chi connectivity index (χ1) is 36.3. The quantitative estimate of drug-likeness (QED) is 0.0481. The number of carbonyl (C=O) groups is 3. The number of ketones is 3. The van der Waals surface area contributed by atoms with Crippen LogP contribution >= 0.6 is 15.9 Å². The van der Waals surface area contributed by atoms with Crippen LogP contribution in [-0.4, -0.2) is 99.8 Å². The molecule has 0 bridgehead atoms. The summed E-state index contributed by atoms with van der Waals surface area (Å²) >= 11 is 3.34. The highest BCUT2D eigenvalue weighted by Gasteiger charge is 2.32. The molecule has 0 amide bonds. The molecule has 0 N–H and O–H groups in total. The van der Waals surface area contributed by atoms with Gasteiger partial charge in [0, 0.05) is 95.5 Å². The predicted molar refractivity (Wildman–Crippen MR) is 326 cm³/mol. The van der Waals surface area contributed by atoms with Crippen LogP contribution in [0.2, 0.25) is 51.4 Å². The monoisotopic (exact) mass is 1160 g/mol. The number of aromatic nitrogens is 8. The molecule has 8 rings (SSSR count). The minimum Gasteiger partial charge on any atom is -0.361 e. The fraction of sp³-hybridized carbons (Fsp3) is 0.450. The summed E-state index contributed by atoms with van der Waals surface area (Å²) in [5.41, 5.74) is 6.72. The van der Waals surface area contributed by atoms with Gasteiger partial charge in [-0.2, -0.15) is 0 Å². The highest BCUT2D eigenvalue weighted by molar-refractivity contribution is 9.10. The number of rotatable bonds is 17. The lowest BCUT2D eigenvalue weighted by molar-refractivity contribution is -0.120. The highest BCUT2D eigenvalue weighted by atomic mass is 79.9. The number of Topliss-reactive ketones (excluding diaryl/α,β-unsaturated/α-hetero) is 3. The number of carbonyl (C=O) groups excluding carboxylic acids is 3. The molecule has 5 heterocycles. The Hall–Kier alpha value is -6.06. The van der Waals surface area contributed by atoms with E-state index in [0.29, 0.717) is 75.9 Å². The number of ether oxygens (including phenoxy) is 2. The maximum Gasteiger partial charge on any atom is 0.171 e. The molecule has 0 atom stereocenters. The highest BCUT2D eigenvalue weighted by Crippen LogP contribution is 2.35. The third kappa shape index (κ3) is 16.0. The molecule has 15 nitrogen and oxygen atoms in total. The van der Waals surface area contributed by atoms with Crippen molar-refractivity contribution in [1.29, 1.82) is 0 Å². The summed E-state index contributed by atoms with van der Waals surface area (Å²) in [7, 11) is 1.63. The number of nitrogens with zero attached hydrogens (tertiary/aromatic N) is 10. The maximum atomic E-state index is 13.2. The Kier molecular flexibility index (Phi) is 19.6. The van der Waals surface area contributed by atoms with E-state index in [1.807, 2.05) is 174 Å². The summed E-state index contributed by atoms with van der Waals surface area (Å²) in [4.78, 5) is 70.1. The Balaban J connectivity index is 0.000000192. The lowest BCUT2D eigenvalue weighted by Crippen LogP contribution is -2.22. The zero-order valence-corrected chi connectivity index (χ0v) is 52.7. The molecule has 0 radical (unpaired) electrons. The molecule has 1 aliphatic rings. The van der Waals surface area contributed by atoms with Crippen LogP contribution in [0, 0.1) is 16.2 Å². The lowest BCUT2D eigenvalue weighted by Gasteiger charge is -2.20. The van der Waals surface area contributed by atoms with E-state index in [1.54, 1.807) is 18.6 Å². The van der Waals surface area contributed by atoms with Gasteiger partial charge in [-0.15, -0.1) is 0 Å². The van der Waals surface area contributed by atoms with Crippen LogP contribution in [0.5, 0.6) is 0 Å². The Labute approximate surface area is 472 Å². The summed E-state index contributed by atoms with van der Waals surface area (Å²) in [6, 6.07) is 22.2. The van der Waals surface area contributed by atoms with Crippen LogP contribution in [-0.2, 0) is 34.2 Å². The maximum absolute atomic E-state index is 13.2. The number of halogens is 1. The van der Waals surface area contributed by atoms with Crippen molar-refractivity contribution in [3.05, 3.63) is 125 Å². The van der Waals surface area contributed by atoms with E-state index in [4.69, 9.17) is 19.4 Å². The van der Waals surface area contributed by atoms with Crippen LogP contribution < -0.4 is 9.80 Å². The van der Waals surface area contributed by atoms with E-state index in [2.05, 4.69) is 75.1 Å². The average Bonchev–Trinajstić information content (AvgIpc) is 4.17. The smallest absolute Gasteiger partial charge is 0.171 e. The van der Waals surface area contributed by atoms with E-state index in [1.165, 1.54) is 0 Å². The molecule has 0 saturated carbocycles. The van der Waals surface area contributed by atoms with Crippen LogP contribution in [0.25, 0.3) is 27.9 Å². The van der Waals surface area contributed by atoms with Gasteiger partial charge in [0.25, 0.3) is 0 Å². The minimum atomic E-state index is -1.16. The molecule has 0 fully saturated rings. The fourth-order valence-corrected chi connectivity index (χ4v) is 9.85. The van der Waals surface area contributed by atoms with Gasteiger partial charge in [0.05, 0.1) is 41.1 Å². The van der Waals surface area contributed by atoms with E-state index >= 15 is 0 Å². The second-order valence-corrected chi connectivity index (χ2v) is 37.4. The number of hydrogen-bond donors (Lipinski definition) is 0. The van der Waals surface area contributed by atoms with Gasteiger partial charge in [-0.3, -0.25) is 19.4 Å². The third-order valence-corrected chi connectivity index (χ3v) is 16.7. The molecule has 0 unspecified atom stereocenters. The summed E-state index contributed by atoms with van der Waals surface area (Å²) in [5, 5.41) is 0. The summed E-state index contributed by atoms with van der Waals surface area (Å²) < 4.78 is 16.2. The number of para-hydroxylation sites is 2. The number of anilines is 4. The number of fused-ring (bicyclic) bond motifs is 3. The largest absolute Gasteiger partial charge is 0.361 e. The molecule has 7 aromatic rings. The summed E-state index contributed by atoms with van der Waals surface area (Å²) in [6.45, 7) is 33.5. The SMILES string of the molecule is CC(C)(C)C(=O)c1cn(COCC[Si](C)(C)C)c2ncc(Br)nc12.CN(c1ccccc1)c1cnc2c(n1)C(C(=O)C(C)(C)C)=CC2.CN(c1ccccc1)c1cnc2c(n1)c(C(=O)C(C)(C)C)cn2COCC[Si](C)(C)C. The van der Waals surface area contributed by atoms with Crippen molar-refractivity contribution in [2.45, 2.75) is 134 Å². The first-order valence-corrected chi connectivity index (χ1v) is 34.9. The normalized spacial score (nSPS) is 12.8. The van der Waals surface area contributed by atoms with Crippen molar-refractivity contribution >= 4 is 100 Å².